The van der Waals surface area contributed by atoms with Crippen LogP contribution in [-0.4, -0.2) is 93.2 Å². The van der Waals surface area contributed by atoms with Gasteiger partial charge in [-0.15, -0.1) is 0 Å². The number of halogens is 1. The predicted octanol–water partition coefficient (Wildman–Crippen LogP) is 3.51. The number of hydrogen-bond acceptors (Lipinski definition) is 8. The van der Waals surface area contributed by atoms with E-state index in [4.69, 9.17) is 16.4 Å². The minimum absolute atomic E-state index is 0.0355. The molecule has 1 saturated heterocycles. The number of oxime groups is 1. The lowest BCUT2D eigenvalue weighted by atomic mass is 9.85. The number of amides is 5. The van der Waals surface area contributed by atoms with Gasteiger partial charge in [0.05, 0.1) is 18.3 Å². The molecule has 2 fully saturated rings. The molecular weight excluding hydrogens is 700 g/mol. The van der Waals surface area contributed by atoms with Gasteiger partial charge in [-0.2, -0.15) is 0 Å². The second-order valence-corrected chi connectivity index (χ2v) is 16.2. The molecule has 2 aromatic rings. The molecule has 5 atom stereocenters. The molecule has 0 radical (unpaired) electrons. The van der Waals surface area contributed by atoms with Crippen LogP contribution >= 0.6 is 11.6 Å². The molecule has 1 saturated carbocycles. The van der Waals surface area contributed by atoms with Crippen molar-refractivity contribution in [2.75, 3.05) is 6.54 Å². The van der Waals surface area contributed by atoms with E-state index in [1.54, 1.807) is 58.0 Å². The molecule has 0 bridgehead atoms. The second kappa shape index (κ2) is 14.9. The smallest absolute Gasteiger partial charge is 0.289 e. The maximum atomic E-state index is 14.8. The number of benzene rings is 2. The van der Waals surface area contributed by atoms with Gasteiger partial charge in [0.25, 0.3) is 11.8 Å². The number of nitrogens with one attached hydrogen (secondary N) is 3. The molecule has 3 aliphatic heterocycles. The third-order valence-electron chi connectivity index (χ3n) is 10.4. The summed E-state index contributed by atoms with van der Waals surface area (Å²) < 4.78 is 0. The number of Topliss-reactive ketones (excluding diaryl/α,β-unsaturated/α-hetero) is 1. The van der Waals surface area contributed by atoms with Crippen LogP contribution in [0.25, 0.3) is 0 Å². The number of carbonyl (C=O) groups excluding carboxylic acids is 6. The van der Waals surface area contributed by atoms with Gasteiger partial charge in [0, 0.05) is 41.6 Å². The summed E-state index contributed by atoms with van der Waals surface area (Å²) in [5.74, 6) is -3.42. The summed E-state index contributed by atoms with van der Waals surface area (Å²) in [6, 6.07) is 10.1. The summed E-state index contributed by atoms with van der Waals surface area (Å²) in [7, 11) is 0. The maximum absolute atomic E-state index is 14.8. The molecule has 2 aromatic carbocycles. The number of nitrogens with zero attached hydrogens (tertiary/aromatic N) is 3. The summed E-state index contributed by atoms with van der Waals surface area (Å²) in [5, 5.41) is 13.3. The lowest BCUT2D eigenvalue weighted by Gasteiger charge is -2.36. The first-order valence-corrected chi connectivity index (χ1v) is 18.6. The molecule has 13 nitrogen and oxygen atoms in total. The van der Waals surface area contributed by atoms with Crippen molar-refractivity contribution >= 4 is 52.6 Å². The molecule has 1 aliphatic carbocycles. The standard InChI is InChI=1S/C39H47ClN6O7/c1-6-10-28(31(47)35(50)41-26-15-16-26)42-34(49)30-19-39(18-29(44-53-39)23-12-9-13-25(40)17-23)21-46(30)37(52)32(38(3,4)5)43-33(48)22(2)45-20-24-11-7-8-14-27(24)36(45)51/h7-9,11-14,17,22,26,28,30,32H,6,10,15-16,18-21H2,1-5H3,(H,41,50)(H,42,49)(H,43,48)/t22?,28-,30-,32+,39+/m0/s1. The first kappa shape index (κ1) is 38.0. The first-order valence-electron chi connectivity index (χ1n) is 18.3. The highest BCUT2D eigenvalue weighted by atomic mass is 35.5. The Labute approximate surface area is 314 Å². The Balaban J connectivity index is 1.25. The van der Waals surface area contributed by atoms with Crippen molar-refractivity contribution in [2.45, 2.75) is 115 Å². The molecule has 5 amide bonds. The van der Waals surface area contributed by atoms with Crippen LogP contribution < -0.4 is 16.0 Å². The van der Waals surface area contributed by atoms with Crippen molar-refractivity contribution in [3.05, 3.63) is 70.2 Å². The van der Waals surface area contributed by atoms with Gasteiger partial charge < -0.3 is 30.6 Å². The van der Waals surface area contributed by atoms with Gasteiger partial charge >= 0.3 is 0 Å². The van der Waals surface area contributed by atoms with E-state index in [0.29, 0.717) is 22.7 Å². The van der Waals surface area contributed by atoms with Crippen LogP contribution in [0.5, 0.6) is 0 Å². The summed E-state index contributed by atoms with van der Waals surface area (Å²) >= 11 is 6.26. The van der Waals surface area contributed by atoms with Gasteiger partial charge in [-0.05, 0) is 55.4 Å². The molecule has 6 rings (SSSR count). The van der Waals surface area contributed by atoms with Crippen LogP contribution in [0.15, 0.2) is 53.7 Å². The molecule has 0 aromatic heterocycles. The monoisotopic (exact) mass is 746 g/mol. The number of fused-ring (bicyclic) bond motifs is 1. The molecule has 14 heteroatoms. The van der Waals surface area contributed by atoms with Crippen LogP contribution in [-0.2, 0) is 35.4 Å². The number of ketones is 1. The van der Waals surface area contributed by atoms with E-state index in [0.717, 1.165) is 24.0 Å². The Bertz CT molecular complexity index is 1850. The Morgan fingerprint density at radius 2 is 1.79 bits per heavy atom. The van der Waals surface area contributed by atoms with Crippen molar-refractivity contribution in [1.29, 1.82) is 0 Å². The van der Waals surface area contributed by atoms with Crippen LogP contribution in [0.2, 0.25) is 5.02 Å². The lowest BCUT2D eigenvalue weighted by Crippen LogP contribution is -2.60. The number of carbonyl (C=O) groups is 6. The quantitative estimate of drug-likeness (QED) is 0.280. The van der Waals surface area contributed by atoms with Crippen molar-refractivity contribution in [3.8, 4) is 0 Å². The summed E-state index contributed by atoms with van der Waals surface area (Å²) in [5.41, 5.74) is 0.772. The highest BCUT2D eigenvalue weighted by Gasteiger charge is 2.56. The van der Waals surface area contributed by atoms with E-state index < -0.39 is 64.6 Å². The normalized spacial score (nSPS) is 22.4. The third kappa shape index (κ3) is 8.09. The van der Waals surface area contributed by atoms with Crippen LogP contribution in [0.1, 0.15) is 94.6 Å². The second-order valence-electron chi connectivity index (χ2n) is 15.7. The molecule has 1 spiro atoms. The van der Waals surface area contributed by atoms with Gasteiger partial charge in [-0.3, -0.25) is 28.8 Å². The number of likely N-dealkylation sites (tertiary alicyclic amines) is 1. The fourth-order valence-electron chi connectivity index (χ4n) is 7.23. The Hall–Kier alpha value is -4.78. The van der Waals surface area contributed by atoms with Crippen molar-refractivity contribution in [1.82, 2.24) is 25.8 Å². The fourth-order valence-corrected chi connectivity index (χ4v) is 7.42. The fraction of sp³-hybridized carbons (Fsp3) is 0.513. The molecule has 3 heterocycles. The molecular formula is C39H47ClN6O7. The zero-order chi connectivity index (χ0) is 38.2. The average molecular weight is 747 g/mol. The topological polar surface area (TPSA) is 167 Å². The average Bonchev–Trinajstić information content (AvgIpc) is 3.56. The van der Waals surface area contributed by atoms with E-state index in [9.17, 15) is 28.8 Å². The van der Waals surface area contributed by atoms with Gasteiger partial charge in [0.15, 0.2) is 5.60 Å². The SMILES string of the molecule is CCC[C@H](NC(=O)[C@@H]1C[C@]2(CC(c3cccc(Cl)c3)=NO2)CN1C(=O)[C@@H](NC(=O)C(C)N1Cc2ccccc2C1=O)C(C)(C)C)C(=O)C(=O)NC1CC1. The van der Waals surface area contributed by atoms with E-state index in [-0.39, 0.29) is 44.3 Å². The van der Waals surface area contributed by atoms with Gasteiger partial charge in [0.1, 0.15) is 18.1 Å². The van der Waals surface area contributed by atoms with Crippen molar-refractivity contribution in [2.24, 2.45) is 10.6 Å². The molecule has 4 aliphatic rings. The van der Waals surface area contributed by atoms with Gasteiger partial charge in [-0.25, -0.2) is 0 Å². The predicted molar refractivity (Wildman–Crippen MR) is 197 cm³/mol. The zero-order valence-electron chi connectivity index (χ0n) is 30.7. The Morgan fingerprint density at radius 1 is 1.06 bits per heavy atom. The summed E-state index contributed by atoms with van der Waals surface area (Å²) in [6.45, 7) is 9.10. The minimum Gasteiger partial charge on any atom is -0.387 e. The molecule has 282 valence electrons. The van der Waals surface area contributed by atoms with E-state index in [2.05, 4.69) is 21.1 Å². The Kier molecular flexibility index (Phi) is 10.7. The summed E-state index contributed by atoms with van der Waals surface area (Å²) in [6.07, 6.45) is 2.66. The largest absolute Gasteiger partial charge is 0.387 e. The maximum Gasteiger partial charge on any atom is 0.289 e. The van der Waals surface area contributed by atoms with E-state index in [1.165, 1.54) is 9.80 Å². The molecule has 3 N–H and O–H groups in total. The minimum atomic E-state index is -1.12. The van der Waals surface area contributed by atoms with Crippen LogP contribution in [0, 0.1) is 5.41 Å². The molecule has 53 heavy (non-hydrogen) atoms. The summed E-state index contributed by atoms with van der Waals surface area (Å²) in [4.78, 5) is 90.9. The van der Waals surface area contributed by atoms with Crippen LogP contribution in [0.3, 0.4) is 0 Å². The first-order chi connectivity index (χ1) is 25.1. The van der Waals surface area contributed by atoms with E-state index in [1.807, 2.05) is 25.1 Å². The number of hydrogen-bond donors (Lipinski definition) is 3. The van der Waals surface area contributed by atoms with Crippen LogP contribution in [0.4, 0.5) is 0 Å². The highest BCUT2D eigenvalue weighted by molar-refractivity contribution is 6.38. The van der Waals surface area contributed by atoms with Gasteiger partial charge in [-0.1, -0.05) is 81.2 Å². The molecule has 1 unspecified atom stereocenters. The van der Waals surface area contributed by atoms with Crippen molar-refractivity contribution in [3.63, 3.8) is 0 Å². The Morgan fingerprint density at radius 3 is 2.45 bits per heavy atom. The zero-order valence-corrected chi connectivity index (χ0v) is 31.5. The van der Waals surface area contributed by atoms with Gasteiger partial charge in [0.2, 0.25) is 23.5 Å². The van der Waals surface area contributed by atoms with Crippen molar-refractivity contribution < 1.29 is 33.6 Å². The lowest BCUT2D eigenvalue weighted by molar-refractivity contribution is -0.145. The van der Waals surface area contributed by atoms with E-state index >= 15 is 0 Å². The number of rotatable bonds is 12. The highest BCUT2D eigenvalue weighted by Crippen LogP contribution is 2.40. The third-order valence-corrected chi connectivity index (χ3v) is 10.7.